The van der Waals surface area contributed by atoms with Gasteiger partial charge in [0.05, 0.1) is 12.4 Å². The Morgan fingerprint density at radius 2 is 2.19 bits per heavy atom. The minimum Gasteiger partial charge on any atom is -0.480 e. The maximum absolute atomic E-state index is 11.9. The summed E-state index contributed by atoms with van der Waals surface area (Å²) in [4.78, 5) is 11.1. The topological polar surface area (TPSA) is 83.9 Å². The second kappa shape index (κ2) is 4.68. The lowest BCUT2D eigenvalue weighted by atomic mass is 10.0. The molecular formula is C9H17NO5S. The Hall–Kier alpha value is -0.660. The Labute approximate surface area is 95.2 Å². The molecule has 1 aliphatic heterocycles. The van der Waals surface area contributed by atoms with Crippen LogP contribution >= 0.6 is 0 Å². The van der Waals surface area contributed by atoms with E-state index in [1.54, 1.807) is 0 Å². The van der Waals surface area contributed by atoms with Crippen LogP contribution in [0.5, 0.6) is 0 Å². The molecule has 0 aliphatic carbocycles. The highest BCUT2D eigenvalue weighted by Gasteiger charge is 2.48. The minimum absolute atomic E-state index is 0.0779. The van der Waals surface area contributed by atoms with Crippen molar-refractivity contribution >= 4 is 16.0 Å². The second-order valence-corrected chi connectivity index (χ2v) is 6.08. The van der Waals surface area contributed by atoms with Crippen LogP contribution in [0.2, 0.25) is 0 Å². The summed E-state index contributed by atoms with van der Waals surface area (Å²) in [7, 11) is -2.13. The quantitative estimate of drug-likeness (QED) is 0.737. The molecule has 1 atom stereocenters. The third-order valence-corrected chi connectivity index (χ3v) is 4.86. The van der Waals surface area contributed by atoms with E-state index >= 15 is 0 Å². The third-order valence-electron chi connectivity index (χ3n) is 2.92. The molecule has 0 amide bonds. The zero-order valence-corrected chi connectivity index (χ0v) is 10.3. The Morgan fingerprint density at radius 1 is 1.56 bits per heavy atom. The van der Waals surface area contributed by atoms with Crippen LogP contribution in [0.25, 0.3) is 0 Å². The van der Waals surface area contributed by atoms with Gasteiger partial charge in [-0.3, -0.25) is 4.79 Å². The first-order valence-electron chi connectivity index (χ1n) is 5.07. The number of nitrogens with zero attached hydrogens (tertiary/aromatic N) is 1. The van der Waals surface area contributed by atoms with E-state index in [0.29, 0.717) is 12.8 Å². The molecule has 1 N–H and O–H groups in total. The van der Waals surface area contributed by atoms with Crippen molar-refractivity contribution in [2.45, 2.75) is 25.3 Å². The molecule has 1 heterocycles. The Morgan fingerprint density at radius 3 is 2.69 bits per heavy atom. The van der Waals surface area contributed by atoms with Crippen molar-refractivity contribution in [1.82, 2.24) is 4.31 Å². The summed E-state index contributed by atoms with van der Waals surface area (Å²) in [5, 5.41) is 9.09. The van der Waals surface area contributed by atoms with Gasteiger partial charge in [0.2, 0.25) is 10.0 Å². The number of aliphatic carboxylic acids is 1. The number of carboxylic acid groups (broad SMARTS) is 1. The zero-order valence-electron chi connectivity index (χ0n) is 9.47. The van der Waals surface area contributed by atoms with Crippen LogP contribution in [0.15, 0.2) is 0 Å². The van der Waals surface area contributed by atoms with E-state index in [9.17, 15) is 13.2 Å². The first-order chi connectivity index (χ1) is 7.34. The van der Waals surface area contributed by atoms with Crippen LogP contribution in [0.1, 0.15) is 19.8 Å². The number of ether oxygens (including phenoxy) is 1. The summed E-state index contributed by atoms with van der Waals surface area (Å²) < 4.78 is 29.6. The summed E-state index contributed by atoms with van der Waals surface area (Å²) in [6.07, 6.45) is 0.934. The highest BCUT2D eigenvalue weighted by Crippen LogP contribution is 2.31. The van der Waals surface area contributed by atoms with Crippen molar-refractivity contribution in [3.63, 3.8) is 0 Å². The van der Waals surface area contributed by atoms with Gasteiger partial charge < -0.3 is 9.84 Å². The van der Waals surface area contributed by atoms with Crippen molar-refractivity contribution in [2.24, 2.45) is 0 Å². The van der Waals surface area contributed by atoms with Crippen LogP contribution in [-0.2, 0) is 19.6 Å². The molecule has 1 fully saturated rings. The monoisotopic (exact) mass is 251 g/mol. The summed E-state index contributed by atoms with van der Waals surface area (Å²) in [5.41, 5.74) is -1.30. The van der Waals surface area contributed by atoms with Gasteiger partial charge in [-0.25, -0.2) is 8.42 Å². The van der Waals surface area contributed by atoms with Crippen LogP contribution in [-0.4, -0.2) is 55.4 Å². The molecule has 94 valence electrons. The summed E-state index contributed by atoms with van der Waals surface area (Å²) in [6.45, 7) is 1.80. The molecule has 0 saturated carbocycles. The van der Waals surface area contributed by atoms with Gasteiger partial charge in [0.15, 0.2) is 0 Å². The summed E-state index contributed by atoms with van der Waals surface area (Å²) in [6, 6.07) is 0. The minimum atomic E-state index is -3.55. The fourth-order valence-corrected chi connectivity index (χ4v) is 3.69. The van der Waals surface area contributed by atoms with Gasteiger partial charge in [-0.15, -0.1) is 0 Å². The fraction of sp³-hybridized carbons (Fsp3) is 0.889. The molecule has 1 saturated heterocycles. The number of hydrogen-bond acceptors (Lipinski definition) is 4. The molecule has 6 nitrogen and oxygen atoms in total. The van der Waals surface area contributed by atoms with Crippen LogP contribution < -0.4 is 0 Å². The molecule has 0 aromatic heterocycles. The Bertz CT molecular complexity index is 366. The number of carbonyl (C=O) groups is 1. The highest BCUT2D eigenvalue weighted by molar-refractivity contribution is 7.89. The number of hydrogen-bond donors (Lipinski definition) is 1. The van der Waals surface area contributed by atoms with Gasteiger partial charge in [-0.2, -0.15) is 4.31 Å². The van der Waals surface area contributed by atoms with Gasteiger partial charge in [-0.05, 0) is 19.8 Å². The third kappa shape index (κ3) is 2.36. The van der Waals surface area contributed by atoms with E-state index in [1.807, 2.05) is 0 Å². The lowest BCUT2D eigenvalue weighted by Crippen LogP contribution is -2.51. The lowest BCUT2D eigenvalue weighted by Gasteiger charge is -2.30. The van der Waals surface area contributed by atoms with Gasteiger partial charge >= 0.3 is 5.97 Å². The van der Waals surface area contributed by atoms with E-state index in [2.05, 4.69) is 0 Å². The smallest absolute Gasteiger partial charge is 0.324 e. The van der Waals surface area contributed by atoms with E-state index < -0.39 is 21.5 Å². The number of methoxy groups -OCH3 is 1. The number of sulfonamides is 1. The Balaban J connectivity index is 2.91. The molecule has 1 rings (SSSR count). The lowest BCUT2D eigenvalue weighted by molar-refractivity contribution is -0.146. The number of rotatable bonds is 5. The largest absolute Gasteiger partial charge is 0.480 e. The van der Waals surface area contributed by atoms with E-state index in [0.717, 1.165) is 4.31 Å². The second-order valence-electron chi connectivity index (χ2n) is 4.06. The molecule has 1 aliphatic rings. The molecule has 0 bridgehead atoms. The summed E-state index contributed by atoms with van der Waals surface area (Å²) >= 11 is 0. The normalized spacial score (nSPS) is 27.1. The van der Waals surface area contributed by atoms with Crippen LogP contribution in [0.4, 0.5) is 0 Å². The van der Waals surface area contributed by atoms with Crippen LogP contribution in [0, 0.1) is 0 Å². The molecule has 7 heteroatoms. The van der Waals surface area contributed by atoms with Crippen molar-refractivity contribution in [2.75, 3.05) is 26.0 Å². The SMILES string of the molecule is COCCS(=O)(=O)N1CCCC1(C)C(=O)O. The van der Waals surface area contributed by atoms with Crippen molar-refractivity contribution < 1.29 is 23.1 Å². The average Bonchev–Trinajstić information content (AvgIpc) is 2.59. The van der Waals surface area contributed by atoms with E-state index in [1.165, 1.54) is 14.0 Å². The molecule has 0 aromatic carbocycles. The number of carboxylic acids is 1. The molecular weight excluding hydrogens is 234 g/mol. The van der Waals surface area contributed by atoms with Gasteiger partial charge in [-0.1, -0.05) is 0 Å². The first kappa shape index (κ1) is 13.4. The molecule has 0 spiro atoms. The fourth-order valence-electron chi connectivity index (χ4n) is 1.90. The zero-order chi connectivity index (χ0) is 12.4. The Kier molecular flexibility index (Phi) is 3.92. The average molecular weight is 251 g/mol. The van der Waals surface area contributed by atoms with Gasteiger partial charge in [0, 0.05) is 13.7 Å². The van der Waals surface area contributed by atoms with E-state index in [4.69, 9.17) is 9.84 Å². The molecule has 0 aromatic rings. The van der Waals surface area contributed by atoms with Gasteiger partial charge in [0.25, 0.3) is 0 Å². The standard InChI is InChI=1S/C9H17NO5S/c1-9(8(11)12)4-3-5-10(9)16(13,14)7-6-15-2/h3-7H2,1-2H3,(H,11,12). The van der Waals surface area contributed by atoms with Crippen LogP contribution in [0.3, 0.4) is 0 Å². The van der Waals surface area contributed by atoms with E-state index in [-0.39, 0.29) is 18.9 Å². The first-order valence-corrected chi connectivity index (χ1v) is 6.68. The molecule has 16 heavy (non-hydrogen) atoms. The predicted molar refractivity (Wildman–Crippen MR) is 57.6 cm³/mol. The van der Waals surface area contributed by atoms with Gasteiger partial charge in [0.1, 0.15) is 5.54 Å². The van der Waals surface area contributed by atoms with Crippen molar-refractivity contribution in [3.05, 3.63) is 0 Å². The maximum Gasteiger partial charge on any atom is 0.324 e. The maximum atomic E-state index is 11.9. The molecule has 1 unspecified atom stereocenters. The predicted octanol–water partition coefficient (Wildman–Crippen LogP) is -0.0983. The molecule has 0 radical (unpaired) electrons. The highest BCUT2D eigenvalue weighted by atomic mass is 32.2. The summed E-state index contributed by atoms with van der Waals surface area (Å²) in [5.74, 6) is -1.27. The van der Waals surface area contributed by atoms with Crippen molar-refractivity contribution in [1.29, 1.82) is 0 Å². The van der Waals surface area contributed by atoms with Crippen molar-refractivity contribution in [3.8, 4) is 0 Å².